The van der Waals surface area contributed by atoms with Gasteiger partial charge in [0.1, 0.15) is 5.57 Å². The van der Waals surface area contributed by atoms with Crippen LogP contribution in [0, 0.1) is 0 Å². The lowest BCUT2D eigenvalue weighted by molar-refractivity contribution is -0.114. The summed E-state index contributed by atoms with van der Waals surface area (Å²) in [4.78, 5) is 14.7. The van der Waals surface area contributed by atoms with Crippen molar-refractivity contribution in [1.29, 1.82) is 0 Å². The number of carbonyl (C=O) groups is 1. The zero-order valence-corrected chi connectivity index (χ0v) is 12.9. The van der Waals surface area contributed by atoms with Crippen molar-refractivity contribution in [3.8, 4) is 5.75 Å². The van der Waals surface area contributed by atoms with Crippen LogP contribution in [0.15, 0.2) is 71.2 Å². The number of hydrogen-bond acceptors (Lipinski definition) is 4. The zero-order valence-electron chi connectivity index (χ0n) is 12.9. The summed E-state index contributed by atoms with van der Waals surface area (Å²) in [6.45, 7) is 1.82. The highest BCUT2D eigenvalue weighted by Gasteiger charge is 2.37. The number of anilines is 2. The SMILES string of the molecule is CC1=NN(c2ccccc2)C(=O)/C1=C1/Oc2ccccc2N1C. The molecule has 5 nitrogen and oxygen atoms in total. The molecule has 114 valence electrons. The van der Waals surface area contributed by atoms with Crippen molar-refractivity contribution in [3.63, 3.8) is 0 Å². The van der Waals surface area contributed by atoms with Crippen molar-refractivity contribution >= 4 is 23.0 Å². The molecule has 2 aliphatic heterocycles. The highest BCUT2D eigenvalue weighted by atomic mass is 16.5. The Kier molecular flexibility index (Phi) is 2.94. The predicted molar refractivity (Wildman–Crippen MR) is 89.5 cm³/mol. The minimum Gasteiger partial charge on any atom is -0.438 e. The number of fused-ring (bicyclic) bond motifs is 1. The summed E-state index contributed by atoms with van der Waals surface area (Å²) in [6, 6.07) is 17.1. The van der Waals surface area contributed by atoms with E-state index in [2.05, 4.69) is 5.10 Å². The summed E-state index contributed by atoms with van der Waals surface area (Å²) in [7, 11) is 1.89. The monoisotopic (exact) mass is 305 g/mol. The van der Waals surface area contributed by atoms with Crippen molar-refractivity contribution < 1.29 is 9.53 Å². The minimum atomic E-state index is -0.177. The Morgan fingerprint density at radius 2 is 1.70 bits per heavy atom. The van der Waals surface area contributed by atoms with Crippen LogP contribution in [0.1, 0.15) is 6.92 Å². The molecule has 2 aromatic rings. The summed E-state index contributed by atoms with van der Waals surface area (Å²) in [5.74, 6) is 1.09. The molecular formula is C18H15N3O2. The lowest BCUT2D eigenvalue weighted by atomic mass is 10.1. The number of para-hydroxylation sites is 3. The van der Waals surface area contributed by atoms with Gasteiger partial charge in [-0.3, -0.25) is 4.79 Å². The Hall–Kier alpha value is -3.08. The largest absolute Gasteiger partial charge is 0.438 e. The van der Waals surface area contributed by atoms with Gasteiger partial charge in [0.05, 0.1) is 17.1 Å². The molecular weight excluding hydrogens is 290 g/mol. The molecule has 0 aromatic heterocycles. The van der Waals surface area contributed by atoms with E-state index >= 15 is 0 Å². The van der Waals surface area contributed by atoms with Crippen LogP contribution in [-0.2, 0) is 4.79 Å². The van der Waals surface area contributed by atoms with Gasteiger partial charge >= 0.3 is 0 Å². The second-order valence-corrected chi connectivity index (χ2v) is 5.45. The van der Waals surface area contributed by atoms with E-state index in [1.807, 2.05) is 73.5 Å². The lowest BCUT2D eigenvalue weighted by Gasteiger charge is -2.15. The van der Waals surface area contributed by atoms with Gasteiger partial charge in [0.25, 0.3) is 5.91 Å². The van der Waals surface area contributed by atoms with Crippen molar-refractivity contribution in [2.75, 3.05) is 17.0 Å². The maximum Gasteiger partial charge on any atom is 0.286 e. The Morgan fingerprint density at radius 3 is 2.43 bits per heavy atom. The fraction of sp³-hybridized carbons (Fsp3) is 0.111. The maximum atomic E-state index is 12.8. The van der Waals surface area contributed by atoms with E-state index in [9.17, 15) is 4.79 Å². The average Bonchev–Trinajstić information content (AvgIpc) is 3.05. The summed E-state index contributed by atoms with van der Waals surface area (Å²) >= 11 is 0. The van der Waals surface area contributed by atoms with E-state index in [4.69, 9.17) is 4.74 Å². The first kappa shape index (κ1) is 13.6. The second kappa shape index (κ2) is 4.98. The molecule has 2 aromatic carbocycles. The first-order valence-corrected chi connectivity index (χ1v) is 7.37. The van der Waals surface area contributed by atoms with Gasteiger partial charge in [-0.1, -0.05) is 30.3 Å². The van der Waals surface area contributed by atoms with Crippen molar-refractivity contribution in [3.05, 3.63) is 66.1 Å². The van der Waals surface area contributed by atoms with Crippen LogP contribution in [0.25, 0.3) is 0 Å². The molecule has 1 amide bonds. The number of amides is 1. The molecule has 5 heteroatoms. The van der Waals surface area contributed by atoms with Crippen molar-refractivity contribution in [2.45, 2.75) is 6.92 Å². The van der Waals surface area contributed by atoms with Gasteiger partial charge in [0, 0.05) is 7.05 Å². The van der Waals surface area contributed by atoms with Crippen LogP contribution in [0.5, 0.6) is 5.75 Å². The first-order chi connectivity index (χ1) is 11.2. The van der Waals surface area contributed by atoms with Crippen LogP contribution >= 0.6 is 0 Å². The highest BCUT2D eigenvalue weighted by Crippen LogP contribution is 2.40. The third kappa shape index (κ3) is 2.01. The fourth-order valence-corrected chi connectivity index (χ4v) is 2.82. The topological polar surface area (TPSA) is 45.1 Å². The number of hydrogen-bond donors (Lipinski definition) is 0. The number of benzene rings is 2. The Bertz CT molecular complexity index is 856. The molecule has 0 spiro atoms. The molecule has 0 atom stereocenters. The Morgan fingerprint density at radius 1 is 1.00 bits per heavy atom. The molecule has 0 fully saturated rings. The third-order valence-corrected chi connectivity index (χ3v) is 3.97. The molecule has 0 bridgehead atoms. The summed E-state index contributed by atoms with van der Waals surface area (Å²) in [6.07, 6.45) is 0. The molecule has 0 saturated carbocycles. The van der Waals surface area contributed by atoms with E-state index < -0.39 is 0 Å². The van der Waals surface area contributed by atoms with Crippen LogP contribution in [-0.4, -0.2) is 18.7 Å². The van der Waals surface area contributed by atoms with Crippen LogP contribution in [0.2, 0.25) is 0 Å². The predicted octanol–water partition coefficient (Wildman–Crippen LogP) is 3.15. The number of ether oxygens (including phenoxy) is 1. The summed E-state index contributed by atoms with van der Waals surface area (Å²) < 4.78 is 5.91. The molecule has 0 radical (unpaired) electrons. The molecule has 4 rings (SSSR count). The number of carbonyl (C=O) groups excluding carboxylic acids is 1. The quantitative estimate of drug-likeness (QED) is 0.760. The Labute approximate surface area is 134 Å². The third-order valence-electron chi connectivity index (χ3n) is 3.97. The molecule has 0 N–H and O–H groups in total. The normalized spacial score (nSPS) is 19.7. The second-order valence-electron chi connectivity index (χ2n) is 5.45. The molecule has 23 heavy (non-hydrogen) atoms. The fourth-order valence-electron chi connectivity index (χ4n) is 2.82. The summed E-state index contributed by atoms with van der Waals surface area (Å²) in [5, 5.41) is 5.81. The van der Waals surface area contributed by atoms with Crippen molar-refractivity contribution in [1.82, 2.24) is 0 Å². The van der Waals surface area contributed by atoms with Crippen LogP contribution in [0.3, 0.4) is 0 Å². The van der Waals surface area contributed by atoms with E-state index in [0.29, 0.717) is 17.2 Å². The molecule has 0 aliphatic carbocycles. The molecule has 0 unspecified atom stereocenters. The molecule has 2 aliphatic rings. The molecule has 0 saturated heterocycles. The van der Waals surface area contributed by atoms with Gasteiger partial charge in [-0.05, 0) is 31.2 Å². The molecule has 2 heterocycles. The van der Waals surface area contributed by atoms with E-state index in [1.54, 1.807) is 0 Å². The Balaban J connectivity index is 1.77. The average molecular weight is 305 g/mol. The number of nitrogens with zero attached hydrogens (tertiary/aromatic N) is 3. The first-order valence-electron chi connectivity index (χ1n) is 7.37. The van der Waals surface area contributed by atoms with Crippen LogP contribution in [0.4, 0.5) is 11.4 Å². The smallest absolute Gasteiger partial charge is 0.286 e. The van der Waals surface area contributed by atoms with Gasteiger partial charge in [0.2, 0.25) is 5.88 Å². The van der Waals surface area contributed by atoms with Gasteiger partial charge in [-0.25, -0.2) is 0 Å². The van der Waals surface area contributed by atoms with Crippen LogP contribution < -0.4 is 14.6 Å². The van der Waals surface area contributed by atoms with E-state index in [-0.39, 0.29) is 5.91 Å². The van der Waals surface area contributed by atoms with Crippen molar-refractivity contribution in [2.24, 2.45) is 5.10 Å². The standard InChI is InChI=1S/C18H15N3O2/c1-12-16(17(22)21(19-12)13-8-4-3-5-9-13)18-20(2)14-10-6-7-11-15(14)23-18/h3-11H,1-2H3/b18-16+. The van der Waals surface area contributed by atoms with Gasteiger partial charge in [-0.15, -0.1) is 0 Å². The highest BCUT2D eigenvalue weighted by molar-refractivity contribution is 6.30. The minimum absolute atomic E-state index is 0.177. The lowest BCUT2D eigenvalue weighted by Crippen LogP contribution is -2.26. The summed E-state index contributed by atoms with van der Waals surface area (Å²) in [5.41, 5.74) is 2.82. The van der Waals surface area contributed by atoms with Gasteiger partial charge < -0.3 is 9.64 Å². The number of hydrazone groups is 1. The van der Waals surface area contributed by atoms with E-state index in [0.717, 1.165) is 17.1 Å². The van der Waals surface area contributed by atoms with E-state index in [1.165, 1.54) is 5.01 Å². The number of rotatable bonds is 1. The maximum absolute atomic E-state index is 12.8. The zero-order chi connectivity index (χ0) is 16.0. The van der Waals surface area contributed by atoms with Gasteiger partial charge in [-0.2, -0.15) is 10.1 Å². The van der Waals surface area contributed by atoms with Gasteiger partial charge in [0.15, 0.2) is 5.75 Å².